The molecule has 0 radical (unpaired) electrons. The third-order valence-corrected chi connectivity index (χ3v) is 3.40. The number of rotatable bonds is 8. The second kappa shape index (κ2) is 11.5. The first-order valence-electron chi connectivity index (χ1n) is 7.62. The van der Waals surface area contributed by atoms with Crippen LogP contribution < -0.4 is 5.32 Å². The van der Waals surface area contributed by atoms with Crippen LogP contribution in [0.25, 0.3) is 0 Å². The Hall–Kier alpha value is -1.05. The van der Waals surface area contributed by atoms with E-state index < -0.39 is 0 Å². The van der Waals surface area contributed by atoms with Crippen LogP contribution in [0.15, 0.2) is 22.2 Å². The van der Waals surface area contributed by atoms with E-state index in [-0.39, 0.29) is 24.0 Å². The van der Waals surface area contributed by atoms with Crippen LogP contribution in [0.5, 0.6) is 0 Å². The van der Waals surface area contributed by atoms with Gasteiger partial charge in [0.2, 0.25) is 0 Å². The Kier molecular flexibility index (Phi) is 11.0. The Morgan fingerprint density at radius 1 is 1.45 bits per heavy atom. The van der Waals surface area contributed by atoms with Crippen molar-refractivity contribution >= 4 is 29.9 Å². The highest BCUT2D eigenvalue weighted by molar-refractivity contribution is 14.0. The van der Waals surface area contributed by atoms with Gasteiger partial charge in [0.1, 0.15) is 5.76 Å². The Morgan fingerprint density at radius 3 is 2.73 bits per heavy atom. The number of allylic oxidation sites excluding steroid dienone is 1. The summed E-state index contributed by atoms with van der Waals surface area (Å²) < 4.78 is 5.18. The average molecular weight is 420 g/mol. The van der Waals surface area contributed by atoms with Crippen molar-refractivity contribution in [2.45, 2.75) is 40.0 Å². The summed E-state index contributed by atoms with van der Waals surface area (Å²) in [5.41, 5.74) is 2.14. The number of aryl methyl sites for hydroxylation is 2. The molecule has 0 aliphatic heterocycles. The van der Waals surface area contributed by atoms with Crippen LogP contribution in [0.1, 0.15) is 36.8 Å². The van der Waals surface area contributed by atoms with Crippen molar-refractivity contribution in [1.82, 2.24) is 15.4 Å². The van der Waals surface area contributed by atoms with Gasteiger partial charge in [0.15, 0.2) is 5.96 Å². The Morgan fingerprint density at radius 2 is 2.18 bits per heavy atom. The van der Waals surface area contributed by atoms with Crippen LogP contribution in [0.4, 0.5) is 0 Å². The molecule has 0 fully saturated rings. The van der Waals surface area contributed by atoms with E-state index in [1.165, 1.54) is 5.56 Å². The molecule has 0 bridgehead atoms. The highest BCUT2D eigenvalue weighted by atomic mass is 127. The van der Waals surface area contributed by atoms with E-state index >= 15 is 0 Å². The summed E-state index contributed by atoms with van der Waals surface area (Å²) in [5.74, 6) is 1.85. The van der Waals surface area contributed by atoms with Crippen LogP contribution in [-0.4, -0.2) is 42.7 Å². The molecule has 0 aromatic carbocycles. The second-order valence-corrected chi connectivity index (χ2v) is 5.14. The van der Waals surface area contributed by atoms with Crippen molar-refractivity contribution in [3.63, 3.8) is 0 Å². The molecule has 1 aromatic heterocycles. The van der Waals surface area contributed by atoms with Gasteiger partial charge >= 0.3 is 0 Å². The van der Waals surface area contributed by atoms with Gasteiger partial charge in [0.05, 0.1) is 5.69 Å². The van der Waals surface area contributed by atoms with Crippen LogP contribution in [-0.2, 0) is 6.42 Å². The van der Waals surface area contributed by atoms with Gasteiger partial charge in [0.25, 0.3) is 0 Å². The van der Waals surface area contributed by atoms with Crippen LogP contribution >= 0.6 is 24.0 Å². The molecule has 6 heteroatoms. The molecule has 1 heterocycles. The maximum Gasteiger partial charge on any atom is 0.193 e. The SMILES string of the molecule is C=CCCCN(C)C(=NCCc1c(C)noc1C)NCC.I. The van der Waals surface area contributed by atoms with Gasteiger partial charge in [-0.1, -0.05) is 11.2 Å². The summed E-state index contributed by atoms with van der Waals surface area (Å²) in [7, 11) is 2.07. The fourth-order valence-electron chi connectivity index (χ4n) is 2.18. The maximum absolute atomic E-state index is 5.18. The number of hydrogen-bond acceptors (Lipinski definition) is 3. The monoisotopic (exact) mass is 420 g/mol. The summed E-state index contributed by atoms with van der Waals surface area (Å²) in [6, 6.07) is 0. The lowest BCUT2D eigenvalue weighted by atomic mass is 10.1. The predicted molar refractivity (Wildman–Crippen MR) is 103 cm³/mol. The minimum Gasteiger partial charge on any atom is -0.361 e. The minimum absolute atomic E-state index is 0. The van der Waals surface area contributed by atoms with E-state index in [0.29, 0.717) is 0 Å². The maximum atomic E-state index is 5.18. The number of aromatic nitrogens is 1. The van der Waals surface area contributed by atoms with Gasteiger partial charge in [-0.05, 0) is 40.0 Å². The fraction of sp³-hybridized carbons (Fsp3) is 0.625. The van der Waals surface area contributed by atoms with Crippen LogP contribution in [0.3, 0.4) is 0 Å². The molecule has 22 heavy (non-hydrogen) atoms. The number of hydrogen-bond donors (Lipinski definition) is 1. The molecule has 0 saturated heterocycles. The molecule has 0 unspecified atom stereocenters. The molecule has 0 amide bonds. The number of unbranched alkanes of at least 4 members (excludes halogenated alkanes) is 1. The molecule has 1 aromatic rings. The minimum atomic E-state index is 0. The number of aliphatic imine (C=N–C) groups is 1. The van der Waals surface area contributed by atoms with Crippen molar-refractivity contribution in [2.75, 3.05) is 26.7 Å². The Bertz CT molecular complexity index is 451. The highest BCUT2D eigenvalue weighted by Crippen LogP contribution is 2.12. The molecular formula is C16H29IN4O. The van der Waals surface area contributed by atoms with Crippen molar-refractivity contribution in [2.24, 2.45) is 4.99 Å². The summed E-state index contributed by atoms with van der Waals surface area (Å²) in [6.07, 6.45) is 4.93. The zero-order valence-corrected chi connectivity index (χ0v) is 16.5. The summed E-state index contributed by atoms with van der Waals surface area (Å²) >= 11 is 0. The van der Waals surface area contributed by atoms with Gasteiger partial charge in [-0.2, -0.15) is 0 Å². The van der Waals surface area contributed by atoms with Crippen LogP contribution in [0.2, 0.25) is 0 Å². The van der Waals surface area contributed by atoms with Gasteiger partial charge in [-0.15, -0.1) is 30.6 Å². The van der Waals surface area contributed by atoms with E-state index in [1.807, 2.05) is 19.9 Å². The zero-order chi connectivity index (χ0) is 15.7. The molecule has 1 rings (SSSR count). The smallest absolute Gasteiger partial charge is 0.193 e. The largest absolute Gasteiger partial charge is 0.361 e. The van der Waals surface area contributed by atoms with Gasteiger partial charge in [-0.3, -0.25) is 4.99 Å². The van der Waals surface area contributed by atoms with Crippen molar-refractivity contribution in [1.29, 1.82) is 0 Å². The number of halogens is 1. The molecule has 1 N–H and O–H groups in total. The van der Waals surface area contributed by atoms with E-state index in [4.69, 9.17) is 4.52 Å². The topological polar surface area (TPSA) is 53.7 Å². The van der Waals surface area contributed by atoms with E-state index in [9.17, 15) is 0 Å². The first kappa shape index (κ1) is 20.9. The van der Waals surface area contributed by atoms with E-state index in [1.54, 1.807) is 0 Å². The Labute approximate surface area is 151 Å². The van der Waals surface area contributed by atoms with Gasteiger partial charge < -0.3 is 14.7 Å². The standard InChI is InChI=1S/C16H28N4O.HI/c1-6-8-9-12-20(5)16(17-7-2)18-11-10-15-13(3)19-21-14(15)4;/h6H,1,7-12H2,2-5H3,(H,17,18);1H. The molecule has 0 saturated carbocycles. The third kappa shape index (κ3) is 6.81. The lowest BCUT2D eigenvalue weighted by molar-refractivity contribution is 0.392. The fourth-order valence-corrected chi connectivity index (χ4v) is 2.18. The summed E-state index contributed by atoms with van der Waals surface area (Å²) in [4.78, 5) is 6.85. The molecule has 0 aliphatic rings. The average Bonchev–Trinajstić information content (AvgIpc) is 2.78. The van der Waals surface area contributed by atoms with Crippen molar-refractivity contribution < 1.29 is 4.52 Å². The predicted octanol–water partition coefficient (Wildman–Crippen LogP) is 3.32. The van der Waals surface area contributed by atoms with Crippen molar-refractivity contribution in [3.05, 3.63) is 29.7 Å². The second-order valence-electron chi connectivity index (χ2n) is 5.14. The lowest BCUT2D eigenvalue weighted by Gasteiger charge is -2.21. The molecule has 0 aliphatic carbocycles. The third-order valence-electron chi connectivity index (χ3n) is 3.40. The summed E-state index contributed by atoms with van der Waals surface area (Å²) in [5, 5.41) is 7.31. The normalized spacial score (nSPS) is 11.0. The summed E-state index contributed by atoms with van der Waals surface area (Å²) in [6.45, 7) is 12.3. The zero-order valence-electron chi connectivity index (χ0n) is 14.2. The highest BCUT2D eigenvalue weighted by Gasteiger charge is 2.09. The molecule has 126 valence electrons. The number of nitrogens with zero attached hydrogens (tertiary/aromatic N) is 3. The molecule has 5 nitrogen and oxygen atoms in total. The number of nitrogens with one attached hydrogen (secondary N) is 1. The first-order valence-corrected chi connectivity index (χ1v) is 7.62. The first-order chi connectivity index (χ1) is 10.1. The van der Waals surface area contributed by atoms with Gasteiger partial charge in [0, 0.05) is 32.2 Å². The number of guanidine groups is 1. The lowest BCUT2D eigenvalue weighted by Crippen LogP contribution is -2.39. The molecule has 0 spiro atoms. The van der Waals surface area contributed by atoms with E-state index in [2.05, 4.69) is 40.9 Å². The van der Waals surface area contributed by atoms with Crippen molar-refractivity contribution in [3.8, 4) is 0 Å². The van der Waals surface area contributed by atoms with Gasteiger partial charge in [-0.25, -0.2) is 0 Å². The molecule has 0 atom stereocenters. The quantitative estimate of drug-likeness (QED) is 0.231. The Balaban J connectivity index is 0.00000441. The van der Waals surface area contributed by atoms with E-state index in [0.717, 1.165) is 56.3 Å². The van der Waals surface area contributed by atoms with Crippen LogP contribution in [0, 0.1) is 13.8 Å². The molecular weight excluding hydrogens is 391 g/mol.